The van der Waals surface area contributed by atoms with E-state index in [1.54, 1.807) is 38.3 Å². The van der Waals surface area contributed by atoms with E-state index in [2.05, 4.69) is 10.6 Å². The highest BCUT2D eigenvalue weighted by molar-refractivity contribution is 5.82. The number of hydrogen-bond donors (Lipinski definition) is 2. The van der Waals surface area contributed by atoms with Gasteiger partial charge in [-0.05, 0) is 48.9 Å². The van der Waals surface area contributed by atoms with Crippen LogP contribution in [0.4, 0.5) is 5.69 Å². The van der Waals surface area contributed by atoms with Gasteiger partial charge in [0, 0.05) is 25.3 Å². The second-order valence-corrected chi connectivity index (χ2v) is 6.59. The third-order valence-electron chi connectivity index (χ3n) is 4.55. The Morgan fingerprint density at radius 2 is 1.82 bits per heavy atom. The van der Waals surface area contributed by atoms with Gasteiger partial charge in [0.1, 0.15) is 11.5 Å². The van der Waals surface area contributed by atoms with E-state index in [4.69, 9.17) is 9.47 Å². The van der Waals surface area contributed by atoms with Crippen molar-refractivity contribution in [2.45, 2.75) is 19.6 Å². The van der Waals surface area contributed by atoms with Gasteiger partial charge >= 0.3 is 0 Å². The smallest absolute Gasteiger partial charge is 0.261 e. The van der Waals surface area contributed by atoms with Crippen LogP contribution in [0.3, 0.4) is 0 Å². The molecule has 2 N–H and O–H groups in total. The first-order chi connectivity index (χ1) is 13.5. The van der Waals surface area contributed by atoms with Crippen molar-refractivity contribution < 1.29 is 19.1 Å². The Morgan fingerprint density at radius 3 is 2.46 bits per heavy atom. The molecule has 0 bridgehead atoms. The summed E-state index contributed by atoms with van der Waals surface area (Å²) in [5.74, 6) is 1.19. The normalized spacial score (nSPS) is 14.8. The zero-order valence-electron chi connectivity index (χ0n) is 16.1. The lowest BCUT2D eigenvalue weighted by Gasteiger charge is -2.28. The molecule has 1 atom stereocenters. The minimum Gasteiger partial charge on any atom is -0.497 e. The van der Waals surface area contributed by atoms with E-state index in [0.29, 0.717) is 25.4 Å². The first-order valence-electron chi connectivity index (χ1n) is 9.24. The zero-order chi connectivity index (χ0) is 19.9. The number of nitrogens with one attached hydrogen (secondary N) is 2. The molecule has 1 aliphatic rings. The van der Waals surface area contributed by atoms with Crippen LogP contribution in [0.25, 0.3) is 0 Å². The number of methoxy groups -OCH3 is 1. The number of piperazine rings is 1. The lowest BCUT2D eigenvalue weighted by Crippen LogP contribution is -2.47. The van der Waals surface area contributed by atoms with Crippen LogP contribution in [-0.2, 0) is 16.1 Å². The Hall–Kier alpha value is -3.22. The highest BCUT2D eigenvalue weighted by atomic mass is 16.5. The van der Waals surface area contributed by atoms with Gasteiger partial charge in [0.2, 0.25) is 5.91 Å². The van der Waals surface area contributed by atoms with Gasteiger partial charge in [-0.1, -0.05) is 12.1 Å². The van der Waals surface area contributed by atoms with Crippen molar-refractivity contribution in [2.75, 3.05) is 31.6 Å². The number of carbonyl (C=O) groups is 2. The molecule has 0 aromatic heterocycles. The van der Waals surface area contributed by atoms with E-state index in [1.165, 1.54) is 0 Å². The maximum atomic E-state index is 12.3. The van der Waals surface area contributed by atoms with Crippen LogP contribution in [-0.4, -0.2) is 44.7 Å². The molecule has 2 amide bonds. The molecule has 0 aliphatic carbocycles. The van der Waals surface area contributed by atoms with Crippen molar-refractivity contribution in [2.24, 2.45) is 0 Å². The second kappa shape index (κ2) is 9.12. The third kappa shape index (κ3) is 5.16. The summed E-state index contributed by atoms with van der Waals surface area (Å²) in [6, 6.07) is 15.0. The molecule has 2 aromatic carbocycles. The fourth-order valence-electron chi connectivity index (χ4n) is 2.93. The summed E-state index contributed by atoms with van der Waals surface area (Å²) in [6.07, 6.45) is -0.612. The Labute approximate surface area is 164 Å². The van der Waals surface area contributed by atoms with Crippen LogP contribution in [0.15, 0.2) is 48.5 Å². The summed E-state index contributed by atoms with van der Waals surface area (Å²) in [6.45, 7) is 3.95. The average Bonchev–Trinajstić information content (AvgIpc) is 2.73. The summed E-state index contributed by atoms with van der Waals surface area (Å²) < 4.78 is 10.8. The largest absolute Gasteiger partial charge is 0.497 e. The van der Waals surface area contributed by atoms with Gasteiger partial charge in [-0.3, -0.25) is 9.59 Å². The molecular formula is C21H25N3O4. The Morgan fingerprint density at radius 1 is 1.14 bits per heavy atom. The number of rotatable bonds is 7. The van der Waals surface area contributed by atoms with E-state index in [1.807, 2.05) is 29.2 Å². The summed E-state index contributed by atoms with van der Waals surface area (Å²) in [4.78, 5) is 25.8. The number of ether oxygens (including phenoxy) is 2. The molecule has 3 rings (SSSR count). The van der Waals surface area contributed by atoms with Gasteiger partial charge in [0.25, 0.3) is 5.91 Å². The van der Waals surface area contributed by atoms with Gasteiger partial charge in [-0.25, -0.2) is 0 Å². The van der Waals surface area contributed by atoms with Gasteiger partial charge in [-0.15, -0.1) is 0 Å². The van der Waals surface area contributed by atoms with Crippen molar-refractivity contribution in [1.82, 2.24) is 10.6 Å². The SMILES string of the molecule is COc1ccc(OC(C)C(=O)NCc2ccc(N3CCNC(=O)C3)cc2)cc1. The van der Waals surface area contributed by atoms with E-state index < -0.39 is 6.10 Å². The zero-order valence-corrected chi connectivity index (χ0v) is 16.1. The van der Waals surface area contributed by atoms with Crippen LogP contribution >= 0.6 is 0 Å². The predicted molar refractivity (Wildman–Crippen MR) is 107 cm³/mol. The Bertz CT molecular complexity index is 805. The molecule has 0 spiro atoms. The van der Waals surface area contributed by atoms with Crippen molar-refractivity contribution in [1.29, 1.82) is 0 Å². The van der Waals surface area contributed by atoms with Gasteiger partial charge < -0.3 is 25.0 Å². The van der Waals surface area contributed by atoms with Crippen molar-refractivity contribution >= 4 is 17.5 Å². The molecule has 1 saturated heterocycles. The molecule has 28 heavy (non-hydrogen) atoms. The molecule has 0 radical (unpaired) electrons. The molecule has 1 heterocycles. The van der Waals surface area contributed by atoms with Gasteiger partial charge in [0.15, 0.2) is 6.10 Å². The fraction of sp³-hybridized carbons (Fsp3) is 0.333. The van der Waals surface area contributed by atoms with Crippen LogP contribution in [0, 0.1) is 0 Å². The minimum absolute atomic E-state index is 0.0356. The number of hydrogen-bond acceptors (Lipinski definition) is 5. The first-order valence-corrected chi connectivity index (χ1v) is 9.24. The summed E-state index contributed by atoms with van der Waals surface area (Å²) in [5, 5.41) is 5.69. The topological polar surface area (TPSA) is 79.9 Å². The van der Waals surface area contributed by atoms with Gasteiger partial charge in [0.05, 0.1) is 13.7 Å². The molecule has 7 heteroatoms. The second-order valence-electron chi connectivity index (χ2n) is 6.59. The monoisotopic (exact) mass is 383 g/mol. The molecule has 0 saturated carbocycles. The molecular weight excluding hydrogens is 358 g/mol. The Balaban J connectivity index is 1.48. The number of nitrogens with zero attached hydrogens (tertiary/aromatic N) is 1. The van der Waals surface area contributed by atoms with Crippen LogP contribution in [0.1, 0.15) is 12.5 Å². The minimum atomic E-state index is -0.612. The van der Waals surface area contributed by atoms with Crippen molar-refractivity contribution in [3.8, 4) is 11.5 Å². The number of benzene rings is 2. The van der Waals surface area contributed by atoms with Crippen LogP contribution in [0.2, 0.25) is 0 Å². The van der Waals surface area contributed by atoms with Gasteiger partial charge in [-0.2, -0.15) is 0 Å². The van der Waals surface area contributed by atoms with E-state index in [-0.39, 0.29) is 11.8 Å². The molecule has 1 aliphatic heterocycles. The Kier molecular flexibility index (Phi) is 6.37. The predicted octanol–water partition coefficient (Wildman–Crippen LogP) is 1.72. The maximum absolute atomic E-state index is 12.3. The van der Waals surface area contributed by atoms with E-state index in [9.17, 15) is 9.59 Å². The molecule has 148 valence electrons. The first kappa shape index (κ1) is 19.5. The van der Waals surface area contributed by atoms with Crippen molar-refractivity contribution in [3.05, 3.63) is 54.1 Å². The van der Waals surface area contributed by atoms with E-state index >= 15 is 0 Å². The number of amides is 2. The fourth-order valence-corrected chi connectivity index (χ4v) is 2.93. The van der Waals surface area contributed by atoms with Crippen LogP contribution < -0.4 is 25.0 Å². The lowest BCUT2D eigenvalue weighted by molar-refractivity contribution is -0.127. The third-order valence-corrected chi connectivity index (χ3v) is 4.55. The average molecular weight is 383 g/mol. The molecule has 1 unspecified atom stereocenters. The van der Waals surface area contributed by atoms with Crippen LogP contribution in [0.5, 0.6) is 11.5 Å². The summed E-state index contributed by atoms with van der Waals surface area (Å²) >= 11 is 0. The molecule has 1 fully saturated rings. The molecule has 7 nitrogen and oxygen atoms in total. The lowest BCUT2D eigenvalue weighted by atomic mass is 10.1. The van der Waals surface area contributed by atoms with Crippen molar-refractivity contribution in [3.63, 3.8) is 0 Å². The quantitative estimate of drug-likeness (QED) is 0.761. The number of anilines is 1. The molecule has 2 aromatic rings. The summed E-state index contributed by atoms with van der Waals surface area (Å²) in [5.41, 5.74) is 1.98. The standard InChI is InChI=1S/C21H25N3O4/c1-15(28-19-9-7-18(27-2)8-10-19)21(26)23-13-16-3-5-17(6-4-16)24-12-11-22-20(25)14-24/h3-10,15H,11-14H2,1-2H3,(H,22,25)(H,23,26). The highest BCUT2D eigenvalue weighted by Gasteiger charge is 2.17. The highest BCUT2D eigenvalue weighted by Crippen LogP contribution is 2.18. The summed E-state index contributed by atoms with van der Waals surface area (Å²) in [7, 11) is 1.60. The maximum Gasteiger partial charge on any atom is 0.261 e. The van der Waals surface area contributed by atoms with E-state index in [0.717, 1.165) is 23.5 Å². The number of carbonyl (C=O) groups excluding carboxylic acids is 2.